The van der Waals surface area contributed by atoms with E-state index in [1.807, 2.05) is 30.5 Å². The summed E-state index contributed by atoms with van der Waals surface area (Å²) in [5, 5.41) is 22.2. The van der Waals surface area contributed by atoms with Crippen LogP contribution in [0.3, 0.4) is 0 Å². The zero-order valence-corrected chi connectivity index (χ0v) is 13.7. The minimum Gasteiger partial charge on any atom is -0.393 e. The maximum atomic E-state index is 12.2. The second kappa shape index (κ2) is 7.85. The average molecular weight is 324 g/mol. The Morgan fingerprint density at radius 3 is 2.68 bits per heavy atom. The van der Waals surface area contributed by atoms with Gasteiger partial charge in [-0.05, 0) is 43.2 Å². The average Bonchev–Trinajstić information content (AvgIpc) is 2.75. The van der Waals surface area contributed by atoms with Crippen molar-refractivity contribution in [1.29, 1.82) is 0 Å². The molecular weight excluding hydrogens is 300 g/mol. The van der Waals surface area contributed by atoms with Gasteiger partial charge >= 0.3 is 6.03 Å². The van der Waals surface area contributed by atoms with E-state index in [0.717, 1.165) is 5.56 Å². The van der Waals surface area contributed by atoms with Crippen LogP contribution in [0.25, 0.3) is 0 Å². The normalized spacial score (nSPS) is 22.2. The molecule has 0 aromatic heterocycles. The highest BCUT2D eigenvalue weighted by Gasteiger charge is 2.30. The largest absolute Gasteiger partial charge is 0.393 e. The van der Waals surface area contributed by atoms with Crippen LogP contribution in [-0.2, 0) is 6.54 Å². The summed E-state index contributed by atoms with van der Waals surface area (Å²) >= 11 is 1.69. The maximum Gasteiger partial charge on any atom is 0.317 e. The second-order valence-electron chi connectivity index (χ2n) is 5.73. The molecule has 6 heteroatoms. The number of nitrogens with zero attached hydrogens (tertiary/aromatic N) is 1. The van der Waals surface area contributed by atoms with Crippen molar-refractivity contribution in [1.82, 2.24) is 10.2 Å². The van der Waals surface area contributed by atoms with Crippen LogP contribution in [-0.4, -0.2) is 52.7 Å². The van der Waals surface area contributed by atoms with Crippen molar-refractivity contribution < 1.29 is 15.0 Å². The molecule has 1 saturated heterocycles. The molecule has 0 bridgehead atoms. The number of likely N-dealkylation sites (tertiary alicyclic amines) is 1. The summed E-state index contributed by atoms with van der Waals surface area (Å²) in [7, 11) is 0. The quantitative estimate of drug-likeness (QED) is 0.739. The Labute approximate surface area is 135 Å². The monoisotopic (exact) mass is 324 g/mol. The van der Waals surface area contributed by atoms with E-state index in [1.54, 1.807) is 16.7 Å². The number of carbonyl (C=O) groups is 1. The lowest BCUT2D eigenvalue weighted by Crippen LogP contribution is -2.41. The Morgan fingerprint density at radius 2 is 2.05 bits per heavy atom. The first-order chi connectivity index (χ1) is 10.6. The van der Waals surface area contributed by atoms with Gasteiger partial charge in [0.15, 0.2) is 0 Å². The van der Waals surface area contributed by atoms with E-state index in [9.17, 15) is 15.0 Å². The van der Waals surface area contributed by atoms with Crippen LogP contribution < -0.4 is 5.32 Å². The summed E-state index contributed by atoms with van der Waals surface area (Å²) in [5.41, 5.74) is 0.0238. The Bertz CT molecular complexity index is 495. The van der Waals surface area contributed by atoms with Gasteiger partial charge in [-0.1, -0.05) is 12.1 Å². The zero-order chi connectivity index (χ0) is 16.0. The fraction of sp³-hybridized carbons (Fsp3) is 0.562. The lowest BCUT2D eigenvalue weighted by molar-refractivity contribution is -0.0248. The van der Waals surface area contributed by atoms with Crippen LogP contribution in [0.15, 0.2) is 29.2 Å². The van der Waals surface area contributed by atoms with Gasteiger partial charge in [0.2, 0.25) is 0 Å². The van der Waals surface area contributed by atoms with Crippen LogP contribution in [0.4, 0.5) is 4.79 Å². The summed E-state index contributed by atoms with van der Waals surface area (Å²) in [5.74, 6) is 0. The van der Waals surface area contributed by atoms with E-state index in [-0.39, 0.29) is 12.6 Å². The summed E-state index contributed by atoms with van der Waals surface area (Å²) in [6.45, 7) is 1.33. The molecule has 1 aliphatic rings. The van der Waals surface area contributed by atoms with Gasteiger partial charge in [0.05, 0.1) is 12.2 Å². The predicted molar refractivity (Wildman–Crippen MR) is 87.9 cm³/mol. The van der Waals surface area contributed by atoms with Crippen molar-refractivity contribution in [3.8, 4) is 0 Å². The Morgan fingerprint density at radius 1 is 1.32 bits per heavy atom. The molecule has 2 amide bonds. The van der Waals surface area contributed by atoms with Gasteiger partial charge in [0.25, 0.3) is 0 Å². The van der Waals surface area contributed by atoms with Gasteiger partial charge < -0.3 is 20.4 Å². The minimum absolute atomic E-state index is 0.115. The fourth-order valence-electron chi connectivity index (χ4n) is 2.57. The molecule has 5 nitrogen and oxygen atoms in total. The molecule has 1 aromatic carbocycles. The van der Waals surface area contributed by atoms with Crippen molar-refractivity contribution in [2.24, 2.45) is 0 Å². The number of nitrogens with one attached hydrogen (secondary N) is 1. The highest BCUT2D eigenvalue weighted by Crippen LogP contribution is 2.21. The first-order valence-corrected chi connectivity index (χ1v) is 8.78. The lowest BCUT2D eigenvalue weighted by atomic mass is 9.96. The van der Waals surface area contributed by atoms with Crippen LogP contribution >= 0.6 is 11.8 Å². The Balaban J connectivity index is 1.84. The Kier molecular flexibility index (Phi) is 6.11. The predicted octanol–water partition coefficient (Wildman–Crippen LogP) is 1.83. The summed E-state index contributed by atoms with van der Waals surface area (Å²) < 4.78 is 0. The second-order valence-corrected chi connectivity index (χ2v) is 6.61. The number of benzene rings is 1. The van der Waals surface area contributed by atoms with E-state index in [4.69, 9.17) is 0 Å². The third kappa shape index (κ3) is 4.63. The molecule has 3 N–H and O–H groups in total. The number of aliphatic hydroxyl groups excluding tert-OH is 1. The molecule has 0 aliphatic carbocycles. The molecule has 0 spiro atoms. The van der Waals surface area contributed by atoms with Crippen molar-refractivity contribution in [3.63, 3.8) is 0 Å². The van der Waals surface area contributed by atoms with E-state index in [0.29, 0.717) is 38.9 Å². The number of amides is 2. The van der Waals surface area contributed by atoms with Crippen LogP contribution in [0.2, 0.25) is 0 Å². The molecule has 1 fully saturated rings. The van der Waals surface area contributed by atoms with Gasteiger partial charge in [-0.3, -0.25) is 0 Å². The maximum absolute atomic E-state index is 12.2. The highest BCUT2D eigenvalue weighted by atomic mass is 32.2. The first-order valence-electron chi connectivity index (χ1n) is 7.55. The van der Waals surface area contributed by atoms with Crippen molar-refractivity contribution in [2.75, 3.05) is 26.0 Å². The van der Waals surface area contributed by atoms with Crippen molar-refractivity contribution >= 4 is 17.8 Å². The SMILES string of the molecule is CSc1ccc(CNC(=O)N2CCCC(O)(CO)CC2)cc1. The van der Waals surface area contributed by atoms with Gasteiger partial charge in [0.1, 0.15) is 0 Å². The molecule has 0 saturated carbocycles. The number of carbonyl (C=O) groups excluding carboxylic acids is 1. The molecule has 22 heavy (non-hydrogen) atoms. The van der Waals surface area contributed by atoms with Gasteiger partial charge in [0, 0.05) is 24.5 Å². The molecule has 2 rings (SSSR count). The van der Waals surface area contributed by atoms with Crippen LogP contribution in [0, 0.1) is 0 Å². The standard InChI is InChI=1S/C16H24N2O3S/c1-22-14-5-3-13(4-6-14)11-17-15(20)18-9-2-7-16(21,12-19)8-10-18/h3-6,19,21H,2,7-12H2,1H3,(H,17,20). The summed E-state index contributed by atoms with van der Waals surface area (Å²) in [4.78, 5) is 15.1. The highest BCUT2D eigenvalue weighted by molar-refractivity contribution is 7.98. The number of urea groups is 1. The first kappa shape index (κ1) is 17.1. The van der Waals surface area contributed by atoms with Gasteiger partial charge in [-0.2, -0.15) is 0 Å². The number of rotatable bonds is 4. The number of hydrogen-bond acceptors (Lipinski definition) is 4. The topological polar surface area (TPSA) is 72.8 Å². The summed E-state index contributed by atoms with van der Waals surface area (Å²) in [6, 6.07) is 7.99. The molecule has 122 valence electrons. The molecule has 1 aliphatic heterocycles. The number of aliphatic hydroxyl groups is 2. The molecule has 1 aromatic rings. The van der Waals surface area contributed by atoms with Crippen LogP contribution in [0.1, 0.15) is 24.8 Å². The van der Waals surface area contributed by atoms with E-state index < -0.39 is 5.60 Å². The Hall–Kier alpha value is -1.24. The third-order valence-corrected chi connectivity index (χ3v) is 4.85. The van der Waals surface area contributed by atoms with E-state index >= 15 is 0 Å². The van der Waals surface area contributed by atoms with Crippen LogP contribution in [0.5, 0.6) is 0 Å². The molecule has 0 radical (unpaired) electrons. The fourth-order valence-corrected chi connectivity index (χ4v) is 2.98. The molecular formula is C16H24N2O3S. The van der Waals surface area contributed by atoms with Crippen molar-refractivity contribution in [2.45, 2.75) is 36.3 Å². The third-order valence-electron chi connectivity index (χ3n) is 4.10. The van der Waals surface area contributed by atoms with Gasteiger partial charge in [-0.25, -0.2) is 4.79 Å². The van der Waals surface area contributed by atoms with E-state index in [2.05, 4.69) is 5.32 Å². The van der Waals surface area contributed by atoms with E-state index in [1.165, 1.54) is 4.90 Å². The van der Waals surface area contributed by atoms with Gasteiger partial charge in [-0.15, -0.1) is 11.8 Å². The smallest absolute Gasteiger partial charge is 0.317 e. The molecule has 1 heterocycles. The number of thioether (sulfide) groups is 1. The number of hydrogen-bond donors (Lipinski definition) is 3. The minimum atomic E-state index is -1.04. The molecule has 1 unspecified atom stereocenters. The van der Waals surface area contributed by atoms with Crippen molar-refractivity contribution in [3.05, 3.63) is 29.8 Å². The zero-order valence-electron chi connectivity index (χ0n) is 12.9. The molecule has 1 atom stereocenters. The lowest BCUT2D eigenvalue weighted by Gasteiger charge is -2.24. The summed E-state index contributed by atoms with van der Waals surface area (Å²) in [6.07, 6.45) is 3.68.